The minimum absolute atomic E-state index is 0.0400. The van der Waals surface area contributed by atoms with E-state index in [0.29, 0.717) is 65.0 Å². The first-order chi connectivity index (χ1) is 30.6. The number of ether oxygens (including phenoxy) is 2. The van der Waals surface area contributed by atoms with Gasteiger partial charge in [-0.05, 0) is 91.2 Å². The summed E-state index contributed by atoms with van der Waals surface area (Å²) in [5.41, 5.74) is 3.33. The third kappa shape index (κ3) is 16.8. The van der Waals surface area contributed by atoms with Crippen molar-refractivity contribution in [2.24, 2.45) is 11.8 Å². The number of hydroxylamine groups is 5. The first-order valence-electron chi connectivity index (χ1n) is 21.9. The number of nitrogens with two attached hydrogens (primary N) is 1. The van der Waals surface area contributed by atoms with Gasteiger partial charge in [0.25, 0.3) is 5.91 Å². The number of urea groups is 2. The molecule has 6 rings (SSSR count). The number of aliphatic carboxylic acids is 1. The standard InChI is InChI=1S/C22H32N4O6.C14H16N2O4.C9H19NO3/c1-15(23-20(28)32-22(2,3)4)13-30-24-19(27)18-11-10-17-12-25(18)21(29)26(17)31-14-16-8-6-5-7-9-16;17-13(18)12-7-6-11-8-15(12)14(19)16(11)20-9-10-4-2-1-3-5-10;1-7(6-12-10)5-8(11)13-9(2,3)4/h5-9,15,17-18H,10-14H2,1-4H3,(H,23,28)(H,24,27);1-5,11-12H,6-9H2,(H,17,18);7H,5-6,10H2,1-4H3/t15-,17+,18-;11-,12+;7-/m011/s1. The summed E-state index contributed by atoms with van der Waals surface area (Å²) in [7, 11) is 0. The van der Waals surface area contributed by atoms with Gasteiger partial charge in [-0.15, -0.1) is 0 Å². The molecule has 6 amide bonds. The predicted octanol–water partition coefficient (Wildman–Crippen LogP) is 5.06. The Balaban J connectivity index is 0.000000238. The molecule has 2 aromatic carbocycles. The largest absolute Gasteiger partial charge is 0.480 e. The van der Waals surface area contributed by atoms with Crippen molar-refractivity contribution < 1.29 is 62.7 Å². The molecular formula is C45H67N7O13. The van der Waals surface area contributed by atoms with E-state index in [9.17, 15) is 28.8 Å². The number of nitrogens with zero attached hydrogens (tertiary/aromatic N) is 4. The average molecular weight is 914 g/mol. The number of nitrogens with one attached hydrogen (secondary N) is 2. The maximum atomic E-state index is 12.8. The first kappa shape index (κ1) is 52.1. The monoisotopic (exact) mass is 913 g/mol. The molecule has 4 saturated heterocycles. The highest BCUT2D eigenvalue weighted by Gasteiger charge is 2.49. The van der Waals surface area contributed by atoms with Crippen molar-refractivity contribution in [3.8, 4) is 0 Å². The Morgan fingerprint density at radius 2 is 1.20 bits per heavy atom. The molecule has 0 saturated carbocycles. The molecule has 4 heterocycles. The Bertz CT molecular complexity index is 1880. The van der Waals surface area contributed by atoms with E-state index in [0.717, 1.165) is 11.1 Å². The van der Waals surface area contributed by atoms with Gasteiger partial charge in [-0.25, -0.2) is 30.6 Å². The Labute approximate surface area is 380 Å². The molecule has 4 fully saturated rings. The van der Waals surface area contributed by atoms with E-state index in [1.165, 1.54) is 19.9 Å². The normalized spacial score (nSPS) is 21.0. The molecule has 5 N–H and O–H groups in total. The third-order valence-electron chi connectivity index (χ3n) is 10.2. The molecule has 0 aromatic heterocycles. The molecular weight excluding hydrogens is 847 g/mol. The number of carbonyl (C=O) groups is 6. The maximum absolute atomic E-state index is 12.8. The summed E-state index contributed by atoms with van der Waals surface area (Å²) in [6.45, 7) is 16.4. The number of rotatable bonds is 16. The number of alkyl carbamates (subject to hydrolysis) is 1. The van der Waals surface area contributed by atoms with Gasteiger partial charge < -0.3 is 34.5 Å². The summed E-state index contributed by atoms with van der Waals surface area (Å²) in [6.07, 6.45) is 2.10. The van der Waals surface area contributed by atoms with Gasteiger partial charge in [-0.1, -0.05) is 67.6 Å². The zero-order valence-electron chi connectivity index (χ0n) is 38.7. The van der Waals surface area contributed by atoms with Crippen molar-refractivity contribution in [3.05, 3.63) is 71.8 Å². The molecule has 2 aromatic rings. The van der Waals surface area contributed by atoms with Gasteiger partial charge in [0.2, 0.25) is 0 Å². The second kappa shape index (κ2) is 24.1. The quantitative estimate of drug-likeness (QED) is 0.127. The fourth-order valence-electron chi connectivity index (χ4n) is 7.31. The number of hydrogen-bond donors (Lipinski definition) is 4. The molecule has 360 valence electrons. The zero-order valence-corrected chi connectivity index (χ0v) is 38.7. The lowest BCUT2D eigenvalue weighted by molar-refractivity contribution is -0.156. The molecule has 4 aliphatic rings. The van der Waals surface area contributed by atoms with Crippen molar-refractivity contribution in [3.63, 3.8) is 0 Å². The third-order valence-corrected chi connectivity index (χ3v) is 10.2. The fraction of sp³-hybridized carbons (Fsp3) is 0.600. The predicted molar refractivity (Wildman–Crippen MR) is 234 cm³/mol. The molecule has 0 unspecified atom stereocenters. The topological polar surface area (TPSA) is 241 Å². The molecule has 0 radical (unpaired) electrons. The average Bonchev–Trinajstić information content (AvgIpc) is 3.60. The molecule has 20 heteroatoms. The second-order valence-electron chi connectivity index (χ2n) is 18.4. The van der Waals surface area contributed by atoms with Crippen molar-refractivity contribution in [2.45, 2.75) is 142 Å². The van der Waals surface area contributed by atoms with Crippen molar-refractivity contribution >= 4 is 36.0 Å². The van der Waals surface area contributed by atoms with E-state index in [1.807, 2.05) is 88.4 Å². The molecule has 6 atom stereocenters. The molecule has 4 aliphatic heterocycles. The van der Waals surface area contributed by atoms with Crippen molar-refractivity contribution in [1.29, 1.82) is 0 Å². The minimum Gasteiger partial charge on any atom is -0.480 e. The van der Waals surface area contributed by atoms with Gasteiger partial charge in [-0.3, -0.25) is 24.1 Å². The summed E-state index contributed by atoms with van der Waals surface area (Å²) >= 11 is 0. The van der Waals surface area contributed by atoms with Crippen molar-refractivity contribution in [2.75, 3.05) is 26.3 Å². The molecule has 4 bridgehead atoms. The summed E-state index contributed by atoms with van der Waals surface area (Å²) in [5, 5.41) is 14.5. The van der Waals surface area contributed by atoms with Crippen LogP contribution in [0.15, 0.2) is 60.7 Å². The van der Waals surface area contributed by atoms with Crippen LogP contribution in [0.25, 0.3) is 0 Å². The van der Waals surface area contributed by atoms with Crippen LogP contribution in [0, 0.1) is 5.92 Å². The molecule has 20 nitrogen and oxygen atoms in total. The van der Waals surface area contributed by atoms with Crippen LogP contribution < -0.4 is 16.7 Å². The van der Waals surface area contributed by atoms with Gasteiger partial charge in [-0.2, -0.15) is 10.1 Å². The van der Waals surface area contributed by atoms with Gasteiger partial charge in [0, 0.05) is 13.1 Å². The molecule has 65 heavy (non-hydrogen) atoms. The number of carboxylic acids is 1. The summed E-state index contributed by atoms with van der Waals surface area (Å²) in [5.74, 6) is 3.43. The number of carboxylic acid groups (broad SMARTS) is 1. The second-order valence-corrected chi connectivity index (χ2v) is 18.4. The Hall–Kier alpha value is -5.54. The number of amides is 6. The van der Waals surface area contributed by atoms with Crippen LogP contribution in [0.3, 0.4) is 0 Å². The van der Waals surface area contributed by atoms with Crippen LogP contribution in [0.4, 0.5) is 14.4 Å². The van der Waals surface area contributed by atoms with Crippen LogP contribution in [0.5, 0.6) is 0 Å². The minimum atomic E-state index is -0.943. The number of benzene rings is 2. The van der Waals surface area contributed by atoms with Gasteiger partial charge >= 0.3 is 30.1 Å². The zero-order chi connectivity index (χ0) is 47.9. The number of fused-ring (bicyclic) bond motifs is 4. The highest BCUT2D eigenvalue weighted by atomic mass is 16.7. The summed E-state index contributed by atoms with van der Waals surface area (Å²) in [4.78, 5) is 95.6. The van der Waals surface area contributed by atoms with Crippen LogP contribution in [0.1, 0.15) is 98.6 Å². The number of hydrogen-bond acceptors (Lipinski definition) is 13. The number of carbonyl (C=O) groups excluding carboxylic acids is 5. The SMILES string of the molecule is C[C@@H](CON)CC(=O)OC(C)(C)C.C[C@@H](CONC(=O)[C@@H]1CC[C@@H]2CN1C(=O)N2OCc1ccccc1)NC(=O)OC(C)(C)C.O=C(O)[C@@H]1CC[C@@H]2CN1C(=O)N2OCc1ccccc1. The van der Waals surface area contributed by atoms with E-state index in [-0.39, 0.29) is 48.7 Å². The van der Waals surface area contributed by atoms with E-state index >= 15 is 0 Å². The first-order valence-corrected chi connectivity index (χ1v) is 21.9. The fourth-order valence-corrected chi connectivity index (χ4v) is 7.31. The van der Waals surface area contributed by atoms with Crippen LogP contribution in [-0.4, -0.2) is 129 Å². The van der Waals surface area contributed by atoms with Gasteiger partial charge in [0.05, 0.1) is 37.8 Å². The highest BCUT2D eigenvalue weighted by molar-refractivity contribution is 5.88. The van der Waals surface area contributed by atoms with Gasteiger partial charge in [0.1, 0.15) is 36.5 Å². The number of piperidine rings is 2. The van der Waals surface area contributed by atoms with E-state index < -0.39 is 41.3 Å². The molecule has 0 spiro atoms. The van der Waals surface area contributed by atoms with Crippen LogP contribution in [-0.2, 0) is 56.4 Å². The van der Waals surface area contributed by atoms with Gasteiger partial charge in [0.15, 0.2) is 0 Å². The number of esters is 1. The van der Waals surface area contributed by atoms with Crippen LogP contribution >= 0.6 is 0 Å². The Kier molecular flexibility index (Phi) is 19.3. The van der Waals surface area contributed by atoms with E-state index in [1.54, 1.807) is 27.7 Å². The Morgan fingerprint density at radius 3 is 1.66 bits per heavy atom. The molecule has 0 aliphatic carbocycles. The summed E-state index contributed by atoms with van der Waals surface area (Å²) < 4.78 is 10.3. The maximum Gasteiger partial charge on any atom is 0.407 e. The lowest BCUT2D eigenvalue weighted by atomic mass is 10.0. The highest BCUT2D eigenvalue weighted by Crippen LogP contribution is 2.32. The lowest BCUT2D eigenvalue weighted by Crippen LogP contribution is -2.50. The smallest absolute Gasteiger partial charge is 0.407 e. The van der Waals surface area contributed by atoms with E-state index in [2.05, 4.69) is 15.6 Å². The lowest BCUT2D eigenvalue weighted by Gasteiger charge is -2.29. The Morgan fingerprint density at radius 1 is 0.723 bits per heavy atom. The summed E-state index contributed by atoms with van der Waals surface area (Å²) in [6, 6.07) is 16.7. The van der Waals surface area contributed by atoms with Crippen LogP contribution in [0.2, 0.25) is 0 Å². The van der Waals surface area contributed by atoms with E-state index in [4.69, 9.17) is 35.0 Å². The van der Waals surface area contributed by atoms with Crippen molar-refractivity contribution in [1.82, 2.24) is 30.7 Å².